The minimum atomic E-state index is -0.217. The van der Waals surface area contributed by atoms with Gasteiger partial charge in [0.15, 0.2) is 5.82 Å². The summed E-state index contributed by atoms with van der Waals surface area (Å²) < 4.78 is 0. The number of benzene rings is 1. The highest BCUT2D eigenvalue weighted by Gasteiger charge is 2.26. The van der Waals surface area contributed by atoms with Crippen molar-refractivity contribution in [2.45, 2.75) is 6.10 Å². The number of anilines is 1. The number of aliphatic hydroxyl groups is 1. The molecule has 2 aromatic rings. The fraction of sp³-hybridized carbons (Fsp3) is 0.273. The average Bonchev–Trinajstić information content (AvgIpc) is 2.24. The monoisotopic (exact) mass is 201 g/mol. The lowest BCUT2D eigenvalue weighted by Gasteiger charge is -2.36. The van der Waals surface area contributed by atoms with Gasteiger partial charge < -0.3 is 10.0 Å². The molecule has 1 saturated heterocycles. The smallest absolute Gasteiger partial charge is 0.159 e. The van der Waals surface area contributed by atoms with Gasteiger partial charge in [-0.1, -0.05) is 24.3 Å². The van der Waals surface area contributed by atoms with Gasteiger partial charge in [0.1, 0.15) is 0 Å². The number of hydrogen-bond acceptors (Lipinski definition) is 4. The van der Waals surface area contributed by atoms with E-state index >= 15 is 0 Å². The van der Waals surface area contributed by atoms with Crippen LogP contribution in [0, 0.1) is 0 Å². The Morgan fingerprint density at radius 2 is 2.07 bits per heavy atom. The largest absolute Gasteiger partial charge is 0.389 e. The molecule has 76 valence electrons. The molecule has 4 nitrogen and oxygen atoms in total. The number of hydrogen-bond donors (Lipinski definition) is 1. The molecule has 1 fully saturated rings. The second-order valence-corrected chi connectivity index (χ2v) is 3.81. The Bertz CT molecular complexity index is 489. The van der Waals surface area contributed by atoms with Gasteiger partial charge in [0.05, 0.1) is 12.3 Å². The number of aromatic nitrogens is 2. The van der Waals surface area contributed by atoms with Crippen LogP contribution in [-0.4, -0.2) is 34.5 Å². The number of nitrogens with zero attached hydrogens (tertiary/aromatic N) is 3. The fourth-order valence-corrected chi connectivity index (χ4v) is 1.87. The summed E-state index contributed by atoms with van der Waals surface area (Å²) in [6.07, 6.45) is 1.54. The summed E-state index contributed by atoms with van der Waals surface area (Å²) in [5.74, 6) is 0.874. The van der Waals surface area contributed by atoms with Crippen molar-refractivity contribution in [3.8, 4) is 0 Å². The molecule has 1 aromatic carbocycles. The summed E-state index contributed by atoms with van der Waals surface area (Å²) in [5, 5.41) is 19.5. The highest BCUT2D eigenvalue weighted by molar-refractivity contribution is 5.91. The molecule has 1 aliphatic rings. The molecule has 0 saturated carbocycles. The number of rotatable bonds is 1. The predicted octanol–water partition coefficient (Wildman–Crippen LogP) is 0.811. The summed E-state index contributed by atoms with van der Waals surface area (Å²) in [7, 11) is 0. The minimum absolute atomic E-state index is 0.217. The Morgan fingerprint density at radius 3 is 2.87 bits per heavy atom. The van der Waals surface area contributed by atoms with Crippen LogP contribution in [-0.2, 0) is 0 Å². The number of fused-ring (bicyclic) bond motifs is 1. The van der Waals surface area contributed by atoms with E-state index in [1.54, 1.807) is 6.20 Å². The molecule has 0 radical (unpaired) electrons. The van der Waals surface area contributed by atoms with Gasteiger partial charge in [-0.15, -0.1) is 5.10 Å². The molecule has 0 atom stereocenters. The third-order valence-electron chi connectivity index (χ3n) is 2.71. The van der Waals surface area contributed by atoms with Crippen molar-refractivity contribution in [3.63, 3.8) is 0 Å². The third kappa shape index (κ3) is 1.34. The van der Waals surface area contributed by atoms with Crippen LogP contribution in [0.5, 0.6) is 0 Å². The van der Waals surface area contributed by atoms with Crippen LogP contribution < -0.4 is 4.90 Å². The summed E-state index contributed by atoms with van der Waals surface area (Å²) in [4.78, 5) is 2.04. The molecule has 0 aliphatic carbocycles. The van der Waals surface area contributed by atoms with Crippen molar-refractivity contribution in [2.24, 2.45) is 0 Å². The molecule has 3 rings (SSSR count). The van der Waals surface area contributed by atoms with Gasteiger partial charge in [0.25, 0.3) is 0 Å². The zero-order valence-corrected chi connectivity index (χ0v) is 8.17. The van der Waals surface area contributed by atoms with Gasteiger partial charge in [0, 0.05) is 23.9 Å². The first-order valence-corrected chi connectivity index (χ1v) is 4.98. The van der Waals surface area contributed by atoms with Gasteiger partial charge in [-0.25, -0.2) is 0 Å². The molecule has 15 heavy (non-hydrogen) atoms. The van der Waals surface area contributed by atoms with E-state index in [4.69, 9.17) is 0 Å². The maximum Gasteiger partial charge on any atom is 0.159 e. The summed E-state index contributed by atoms with van der Waals surface area (Å²) in [5.41, 5.74) is 0. The topological polar surface area (TPSA) is 49.2 Å². The van der Waals surface area contributed by atoms with E-state index in [1.165, 1.54) is 0 Å². The molecule has 1 N–H and O–H groups in total. The minimum Gasteiger partial charge on any atom is -0.389 e. The van der Waals surface area contributed by atoms with Gasteiger partial charge in [-0.3, -0.25) is 0 Å². The lowest BCUT2D eigenvalue weighted by molar-refractivity contribution is 0.141. The highest BCUT2D eigenvalue weighted by atomic mass is 16.3. The molecule has 2 heterocycles. The third-order valence-corrected chi connectivity index (χ3v) is 2.71. The van der Waals surface area contributed by atoms with E-state index in [-0.39, 0.29) is 6.10 Å². The normalized spacial score (nSPS) is 16.7. The lowest BCUT2D eigenvalue weighted by Crippen LogP contribution is -2.51. The van der Waals surface area contributed by atoms with Gasteiger partial charge >= 0.3 is 0 Å². The van der Waals surface area contributed by atoms with Crippen molar-refractivity contribution >= 4 is 16.6 Å². The lowest BCUT2D eigenvalue weighted by atomic mass is 10.1. The Kier molecular flexibility index (Phi) is 1.82. The van der Waals surface area contributed by atoms with Gasteiger partial charge in [0.2, 0.25) is 0 Å². The van der Waals surface area contributed by atoms with Crippen LogP contribution in [0.1, 0.15) is 0 Å². The van der Waals surface area contributed by atoms with Gasteiger partial charge in [-0.05, 0) is 0 Å². The summed E-state index contributed by atoms with van der Waals surface area (Å²) in [6, 6.07) is 8.02. The van der Waals surface area contributed by atoms with Crippen molar-refractivity contribution in [1.29, 1.82) is 0 Å². The molecule has 4 heteroatoms. The van der Waals surface area contributed by atoms with Crippen molar-refractivity contribution in [3.05, 3.63) is 30.5 Å². The number of aliphatic hydroxyl groups excluding tert-OH is 1. The van der Waals surface area contributed by atoms with E-state index in [9.17, 15) is 5.11 Å². The number of β-amino-alcohol motifs (C(OH)–C–C–N with tert-alkyl or cyclic N) is 1. The van der Waals surface area contributed by atoms with Crippen LogP contribution in [0.15, 0.2) is 30.5 Å². The summed E-state index contributed by atoms with van der Waals surface area (Å²) in [6.45, 7) is 1.31. The van der Waals surface area contributed by atoms with Crippen LogP contribution >= 0.6 is 0 Å². The SMILES string of the molecule is OC1CN(c2nncc3ccccc23)C1. The van der Waals surface area contributed by atoms with Crippen molar-refractivity contribution < 1.29 is 5.11 Å². The second kappa shape index (κ2) is 3.17. The van der Waals surface area contributed by atoms with Crippen LogP contribution in [0.4, 0.5) is 5.82 Å². The first-order valence-electron chi connectivity index (χ1n) is 4.98. The molecule has 0 amide bonds. The Hall–Kier alpha value is -1.68. The van der Waals surface area contributed by atoms with Crippen LogP contribution in [0.25, 0.3) is 10.8 Å². The zero-order chi connectivity index (χ0) is 10.3. The molecule has 0 bridgehead atoms. The molecule has 1 aromatic heterocycles. The van der Waals surface area contributed by atoms with Crippen LogP contribution in [0.3, 0.4) is 0 Å². The first kappa shape index (κ1) is 8.61. The maximum absolute atomic E-state index is 9.26. The molecule has 1 aliphatic heterocycles. The molecule has 0 spiro atoms. The van der Waals surface area contributed by atoms with Crippen molar-refractivity contribution in [2.75, 3.05) is 18.0 Å². The molecular weight excluding hydrogens is 190 g/mol. The van der Waals surface area contributed by atoms with Gasteiger partial charge in [-0.2, -0.15) is 5.10 Å². The molecule has 0 unspecified atom stereocenters. The first-order chi connectivity index (χ1) is 7.34. The summed E-state index contributed by atoms with van der Waals surface area (Å²) >= 11 is 0. The fourth-order valence-electron chi connectivity index (χ4n) is 1.87. The Balaban J connectivity index is 2.10. The van der Waals surface area contributed by atoms with E-state index < -0.39 is 0 Å². The maximum atomic E-state index is 9.26. The quantitative estimate of drug-likeness (QED) is 0.741. The second-order valence-electron chi connectivity index (χ2n) is 3.81. The highest BCUT2D eigenvalue weighted by Crippen LogP contribution is 2.26. The van der Waals surface area contributed by atoms with E-state index in [1.807, 2.05) is 29.2 Å². The Morgan fingerprint density at radius 1 is 1.27 bits per heavy atom. The van der Waals surface area contributed by atoms with Crippen molar-refractivity contribution in [1.82, 2.24) is 10.2 Å². The standard InChI is InChI=1S/C11H11N3O/c15-9-6-14(7-9)11-10-4-2-1-3-8(10)5-12-13-11/h1-5,9,15H,6-7H2. The molecular formula is C11H11N3O. The zero-order valence-electron chi connectivity index (χ0n) is 8.17. The predicted molar refractivity (Wildman–Crippen MR) is 57.8 cm³/mol. The van der Waals surface area contributed by atoms with E-state index in [0.717, 1.165) is 16.6 Å². The van der Waals surface area contributed by atoms with E-state index in [0.29, 0.717) is 13.1 Å². The van der Waals surface area contributed by atoms with E-state index in [2.05, 4.69) is 10.2 Å². The average molecular weight is 201 g/mol. The van der Waals surface area contributed by atoms with Crippen LogP contribution in [0.2, 0.25) is 0 Å². The Labute approximate surface area is 87.2 Å².